The van der Waals surface area contributed by atoms with Crippen LogP contribution >= 0.6 is 0 Å². The molecule has 0 aliphatic rings. The molecule has 0 radical (unpaired) electrons. The van der Waals surface area contributed by atoms with Gasteiger partial charge in [0.1, 0.15) is 0 Å². The van der Waals surface area contributed by atoms with Gasteiger partial charge in [-0.05, 0) is 54.7 Å². The molecular formula is C42H78O3S. The molecule has 0 amide bonds. The summed E-state index contributed by atoms with van der Waals surface area (Å²) >= 11 is 0. The van der Waals surface area contributed by atoms with Gasteiger partial charge in [-0.25, -0.2) is 0 Å². The highest BCUT2D eigenvalue weighted by atomic mass is 32.2. The third-order valence-corrected chi connectivity index (χ3v) is 10.9. The van der Waals surface area contributed by atoms with E-state index in [-0.39, 0.29) is 4.90 Å². The zero-order chi connectivity index (χ0) is 33.7. The lowest BCUT2D eigenvalue weighted by molar-refractivity contribution is 0.481. The van der Waals surface area contributed by atoms with Crippen molar-refractivity contribution in [1.29, 1.82) is 0 Å². The maximum absolute atomic E-state index is 12.2. The van der Waals surface area contributed by atoms with Crippen LogP contribution in [0.1, 0.15) is 219 Å². The molecule has 1 aromatic carbocycles. The van der Waals surface area contributed by atoms with Crippen LogP contribution in [-0.2, 0) is 23.0 Å². The molecule has 0 heterocycles. The van der Waals surface area contributed by atoms with Crippen molar-refractivity contribution in [3.63, 3.8) is 0 Å². The van der Waals surface area contributed by atoms with Crippen molar-refractivity contribution in [2.75, 3.05) is 0 Å². The van der Waals surface area contributed by atoms with Crippen LogP contribution in [0.4, 0.5) is 0 Å². The maximum atomic E-state index is 12.2. The first kappa shape index (κ1) is 43.2. The van der Waals surface area contributed by atoms with Gasteiger partial charge < -0.3 is 0 Å². The van der Waals surface area contributed by atoms with E-state index in [0.29, 0.717) is 0 Å². The second-order valence-electron chi connectivity index (χ2n) is 15.4. The molecule has 4 heteroatoms. The molecule has 0 aliphatic carbocycles. The van der Waals surface area contributed by atoms with E-state index in [2.05, 4.69) is 33.8 Å². The van der Waals surface area contributed by atoms with E-state index < -0.39 is 10.1 Å². The Bertz CT molecular complexity index is 921. The summed E-state index contributed by atoms with van der Waals surface area (Å²) in [6.07, 6.45) is 38.9. The summed E-state index contributed by atoms with van der Waals surface area (Å²) < 4.78 is 34.2. The molecule has 0 aromatic heterocycles. The molecule has 0 fully saturated rings. The third kappa shape index (κ3) is 25.2. The summed E-state index contributed by atoms with van der Waals surface area (Å²) in [5.74, 6) is 1.70. The van der Waals surface area contributed by atoms with E-state index in [0.717, 1.165) is 55.1 Å². The molecule has 0 aliphatic heterocycles. The Balaban J connectivity index is 2.15. The highest BCUT2D eigenvalue weighted by Gasteiger charge is 2.18. The molecule has 0 saturated carbocycles. The van der Waals surface area contributed by atoms with Gasteiger partial charge in [-0.15, -0.1) is 0 Å². The molecule has 270 valence electrons. The second-order valence-corrected chi connectivity index (χ2v) is 16.8. The summed E-state index contributed by atoms with van der Waals surface area (Å²) in [7, 11) is -4.19. The van der Waals surface area contributed by atoms with Crippen LogP contribution in [0.25, 0.3) is 0 Å². The van der Waals surface area contributed by atoms with Crippen molar-refractivity contribution in [2.45, 2.75) is 225 Å². The Morgan fingerprint density at radius 3 is 1.09 bits per heavy atom. The fourth-order valence-corrected chi connectivity index (χ4v) is 7.78. The number of rotatable bonds is 33. The topological polar surface area (TPSA) is 54.4 Å². The van der Waals surface area contributed by atoms with Crippen LogP contribution in [-0.4, -0.2) is 13.0 Å². The van der Waals surface area contributed by atoms with Crippen LogP contribution in [0, 0.1) is 11.8 Å². The zero-order valence-electron chi connectivity index (χ0n) is 31.3. The summed E-state index contributed by atoms with van der Waals surface area (Å²) in [6, 6.07) is 5.48. The van der Waals surface area contributed by atoms with Gasteiger partial charge in [0, 0.05) is 0 Å². The van der Waals surface area contributed by atoms with Crippen LogP contribution in [0.2, 0.25) is 0 Å². The molecule has 1 aromatic rings. The number of hydrogen-bond acceptors (Lipinski definition) is 2. The maximum Gasteiger partial charge on any atom is 0.294 e. The van der Waals surface area contributed by atoms with Gasteiger partial charge in [0.25, 0.3) is 10.1 Å². The molecule has 46 heavy (non-hydrogen) atoms. The average molecular weight is 663 g/mol. The van der Waals surface area contributed by atoms with E-state index in [4.69, 9.17) is 0 Å². The highest BCUT2D eigenvalue weighted by Crippen LogP contribution is 2.25. The van der Waals surface area contributed by atoms with Gasteiger partial charge in [-0.2, -0.15) is 8.42 Å². The van der Waals surface area contributed by atoms with Crippen LogP contribution in [0.5, 0.6) is 0 Å². The van der Waals surface area contributed by atoms with Crippen molar-refractivity contribution >= 4 is 10.1 Å². The summed E-state index contributed by atoms with van der Waals surface area (Å²) in [5.41, 5.74) is 1.99. The van der Waals surface area contributed by atoms with E-state index in [1.165, 1.54) is 161 Å². The Hall–Kier alpha value is -0.870. The second kappa shape index (κ2) is 29.1. The van der Waals surface area contributed by atoms with Crippen LogP contribution in [0.15, 0.2) is 23.1 Å². The summed E-state index contributed by atoms with van der Waals surface area (Å²) in [4.78, 5) is 0.139. The number of hydrogen-bond donors (Lipinski definition) is 1. The van der Waals surface area contributed by atoms with E-state index >= 15 is 0 Å². The van der Waals surface area contributed by atoms with Crippen molar-refractivity contribution in [1.82, 2.24) is 0 Å². The standard InChI is InChI=1S/C42H78O3S/c1-38(2)32-27-23-19-15-11-7-5-9-13-17-21-25-29-34-40-35-31-37-42(46(43,44)45)41(40)36-30-26-22-18-14-10-6-8-12-16-20-24-28-33-39(3)4/h31,35,37-39H,5-30,32-34,36H2,1-4H3,(H,43,44,45). The van der Waals surface area contributed by atoms with E-state index in [1.54, 1.807) is 12.1 Å². The van der Waals surface area contributed by atoms with Gasteiger partial charge in [0.05, 0.1) is 4.90 Å². The van der Waals surface area contributed by atoms with Gasteiger partial charge in [0.2, 0.25) is 0 Å². The fraction of sp³-hybridized carbons (Fsp3) is 0.857. The van der Waals surface area contributed by atoms with Gasteiger partial charge in [-0.3, -0.25) is 4.55 Å². The first-order chi connectivity index (χ1) is 22.2. The minimum absolute atomic E-state index is 0.139. The van der Waals surface area contributed by atoms with Crippen LogP contribution in [0.3, 0.4) is 0 Å². The number of unbranched alkanes of at least 4 members (excludes halogenated alkanes) is 24. The summed E-state index contributed by atoms with van der Waals surface area (Å²) in [5, 5.41) is 0. The number of benzene rings is 1. The van der Waals surface area contributed by atoms with Crippen molar-refractivity contribution in [3.05, 3.63) is 29.3 Å². The minimum atomic E-state index is -4.19. The fourth-order valence-electron chi connectivity index (χ4n) is 6.98. The molecule has 3 nitrogen and oxygen atoms in total. The molecule has 0 unspecified atom stereocenters. The lowest BCUT2D eigenvalue weighted by Crippen LogP contribution is -2.07. The van der Waals surface area contributed by atoms with E-state index in [9.17, 15) is 13.0 Å². The predicted molar refractivity (Wildman–Crippen MR) is 203 cm³/mol. The molecule has 0 saturated heterocycles. The summed E-state index contributed by atoms with van der Waals surface area (Å²) in [6.45, 7) is 9.29. The molecule has 0 spiro atoms. The van der Waals surface area contributed by atoms with Gasteiger partial charge in [0.15, 0.2) is 0 Å². The van der Waals surface area contributed by atoms with Crippen molar-refractivity contribution < 1.29 is 13.0 Å². The molecular weight excluding hydrogens is 585 g/mol. The minimum Gasteiger partial charge on any atom is -0.282 e. The lowest BCUT2D eigenvalue weighted by Gasteiger charge is -2.14. The van der Waals surface area contributed by atoms with Crippen LogP contribution < -0.4 is 0 Å². The SMILES string of the molecule is CC(C)CCCCCCCCCCCCCCCc1cccc(S(=O)(=O)O)c1CCCCCCCCCCCCCCCC(C)C. The third-order valence-electron chi connectivity index (χ3n) is 9.94. The Labute approximate surface area is 288 Å². The molecule has 1 rings (SSSR count). The Morgan fingerprint density at radius 2 is 0.761 bits per heavy atom. The quantitative estimate of drug-likeness (QED) is 0.0602. The van der Waals surface area contributed by atoms with E-state index in [1.807, 2.05) is 0 Å². The first-order valence-electron chi connectivity index (χ1n) is 20.3. The first-order valence-corrected chi connectivity index (χ1v) is 21.7. The average Bonchev–Trinajstić information content (AvgIpc) is 3.00. The van der Waals surface area contributed by atoms with Gasteiger partial charge in [-0.1, -0.05) is 207 Å². The normalized spacial score (nSPS) is 12.2. The van der Waals surface area contributed by atoms with Gasteiger partial charge >= 0.3 is 0 Å². The Kier molecular flexibility index (Phi) is 27.3. The zero-order valence-corrected chi connectivity index (χ0v) is 32.1. The smallest absolute Gasteiger partial charge is 0.282 e. The number of aryl methyl sites for hydroxylation is 1. The monoisotopic (exact) mass is 663 g/mol. The highest BCUT2D eigenvalue weighted by molar-refractivity contribution is 7.85. The van der Waals surface area contributed by atoms with Crippen molar-refractivity contribution in [2.24, 2.45) is 11.8 Å². The molecule has 1 N–H and O–H groups in total. The Morgan fingerprint density at radius 1 is 0.457 bits per heavy atom. The molecule has 0 bridgehead atoms. The van der Waals surface area contributed by atoms with Crippen molar-refractivity contribution in [3.8, 4) is 0 Å². The predicted octanol–water partition coefficient (Wildman–Crippen LogP) is 14.3. The molecule has 0 atom stereocenters. The largest absolute Gasteiger partial charge is 0.294 e. The lowest BCUT2D eigenvalue weighted by atomic mass is 9.96.